The van der Waals surface area contributed by atoms with Crippen molar-refractivity contribution in [2.24, 2.45) is 0 Å². The van der Waals surface area contributed by atoms with Crippen molar-refractivity contribution in [2.75, 3.05) is 31.5 Å². The number of halogens is 10. The highest BCUT2D eigenvalue weighted by Gasteiger charge is 2.45. The van der Waals surface area contributed by atoms with Crippen molar-refractivity contribution in [3.8, 4) is 0 Å². The van der Waals surface area contributed by atoms with Gasteiger partial charge in [0.2, 0.25) is 0 Å². The van der Waals surface area contributed by atoms with Gasteiger partial charge in [0.15, 0.2) is 17.2 Å². The number of alkyl halides is 9. The summed E-state index contributed by atoms with van der Waals surface area (Å²) < 4.78 is 96.2. The van der Waals surface area contributed by atoms with Crippen LogP contribution in [0.4, 0.5) is 51.0 Å². The third kappa shape index (κ3) is 11.7. The largest absolute Gasteiger partial charge is 0.490 e. The molecule has 6 N–H and O–H groups in total. The van der Waals surface area contributed by atoms with E-state index < -0.39 is 36.4 Å². The van der Waals surface area contributed by atoms with Crippen molar-refractivity contribution in [1.82, 2.24) is 34.7 Å². The minimum absolute atomic E-state index is 0.0395. The molecule has 2 aliphatic rings. The first kappa shape index (κ1) is 45.4. The summed E-state index contributed by atoms with van der Waals surface area (Å²) in [6.07, 6.45) is -3.99. The lowest BCUT2D eigenvalue weighted by atomic mass is 9.91. The molecule has 6 rings (SSSR count). The number of pyridine rings is 1. The fourth-order valence-electron chi connectivity index (χ4n) is 6.31. The standard InChI is InChI=1S/C26H32ClN8.3C2HF3O2/c1-17(34-26-23-25(31-15-30-23)32-16-33-26)20-14-21(27)19-6-5-9-29-22(19)24(20)35(12-3-2-4-13-35)18-7-10-28-11-8-18;3*3-2(4,5)1(6)7/h5-6,9,14-18,28H,2-4,7-8,10-13H2,1H3,(H2,30,31,32,33,34);3*(H,6,7)/q+1;;;. The summed E-state index contributed by atoms with van der Waals surface area (Å²) in [6.45, 7) is 6.63. The van der Waals surface area contributed by atoms with E-state index in [2.05, 4.69) is 49.6 Å². The average molecular weight is 834 g/mol. The van der Waals surface area contributed by atoms with Crippen LogP contribution in [0.15, 0.2) is 37.1 Å². The third-order valence-electron chi connectivity index (χ3n) is 8.68. The van der Waals surface area contributed by atoms with Crippen LogP contribution in [-0.2, 0) is 14.4 Å². The lowest BCUT2D eigenvalue weighted by molar-refractivity contribution is -0.193. The lowest BCUT2D eigenvalue weighted by Gasteiger charge is -2.49. The number of rotatable bonds is 5. The first-order valence-electron chi connectivity index (χ1n) is 16.5. The number of hydrogen-bond donors (Lipinski definition) is 6. The topological polar surface area (TPSA) is 203 Å². The smallest absolute Gasteiger partial charge is 0.475 e. The Hall–Kier alpha value is -5.03. The van der Waals surface area contributed by atoms with Crippen LogP contribution in [0.1, 0.15) is 50.6 Å². The molecule has 0 spiro atoms. The molecular formula is C32H35ClF9N8O6+. The van der Waals surface area contributed by atoms with Crippen molar-refractivity contribution in [1.29, 1.82) is 0 Å². The highest BCUT2D eigenvalue weighted by Crippen LogP contribution is 2.46. The summed E-state index contributed by atoms with van der Waals surface area (Å²) in [5.41, 5.74) is 5.04. The fourth-order valence-corrected chi connectivity index (χ4v) is 6.58. The van der Waals surface area contributed by atoms with E-state index in [-0.39, 0.29) is 6.04 Å². The van der Waals surface area contributed by atoms with Gasteiger partial charge in [0, 0.05) is 43.1 Å². The first-order chi connectivity index (χ1) is 26.0. The van der Waals surface area contributed by atoms with E-state index in [1.165, 1.54) is 43.4 Å². The van der Waals surface area contributed by atoms with Gasteiger partial charge in [-0.25, -0.2) is 34.3 Å². The van der Waals surface area contributed by atoms with E-state index >= 15 is 0 Å². The second kappa shape index (κ2) is 18.7. The van der Waals surface area contributed by atoms with Crippen molar-refractivity contribution in [3.05, 3.63) is 47.6 Å². The van der Waals surface area contributed by atoms with Gasteiger partial charge in [-0.15, -0.1) is 0 Å². The van der Waals surface area contributed by atoms with Crippen LogP contribution < -0.4 is 15.1 Å². The molecule has 5 heterocycles. The van der Waals surface area contributed by atoms with Crippen LogP contribution >= 0.6 is 11.6 Å². The molecule has 0 bridgehead atoms. The summed E-state index contributed by atoms with van der Waals surface area (Å²) in [6, 6.07) is 6.79. The number of H-pyrrole nitrogens is 1. The molecule has 1 aromatic carbocycles. The molecule has 0 saturated carbocycles. The van der Waals surface area contributed by atoms with Gasteiger partial charge in [0.25, 0.3) is 0 Å². The summed E-state index contributed by atoms with van der Waals surface area (Å²) in [4.78, 5) is 48.0. The van der Waals surface area contributed by atoms with Gasteiger partial charge in [-0.2, -0.15) is 39.5 Å². The minimum atomic E-state index is -5.08. The molecule has 2 aliphatic heterocycles. The summed E-state index contributed by atoms with van der Waals surface area (Å²) in [5, 5.41) is 30.4. The SMILES string of the molecule is CC(Nc1ncnc2[nH]cnc12)c1cc(Cl)c2cccnc2c1[N+]1(C2CCNCC2)CCCCC1.O=C(O)C(F)(F)F.O=C(O)C(F)(F)F.O=C(O)C(F)(F)F. The quantitative estimate of drug-likeness (QED) is 0.0901. The number of carboxylic acid groups (broad SMARTS) is 3. The fraction of sp³-hybridized carbons (Fsp3) is 0.469. The monoisotopic (exact) mass is 833 g/mol. The molecule has 0 aliphatic carbocycles. The number of quaternary nitrogens is 1. The molecule has 24 heteroatoms. The van der Waals surface area contributed by atoms with E-state index in [0.29, 0.717) is 6.04 Å². The number of nitrogens with zero attached hydrogens (tertiary/aromatic N) is 5. The van der Waals surface area contributed by atoms with Crippen LogP contribution in [0.2, 0.25) is 5.02 Å². The molecule has 1 atom stereocenters. The maximum absolute atomic E-state index is 10.6. The van der Waals surface area contributed by atoms with E-state index in [1.807, 2.05) is 12.3 Å². The van der Waals surface area contributed by atoms with Crippen LogP contribution in [0.5, 0.6) is 0 Å². The summed E-state index contributed by atoms with van der Waals surface area (Å²) in [5.74, 6) is -7.55. The number of nitrogens with one attached hydrogen (secondary N) is 3. The zero-order valence-corrected chi connectivity index (χ0v) is 29.8. The Morgan fingerprint density at radius 3 is 1.89 bits per heavy atom. The molecule has 0 amide bonds. The van der Waals surface area contributed by atoms with Crippen molar-refractivity contribution >= 4 is 63.1 Å². The molecule has 0 radical (unpaired) electrons. The number of aliphatic carboxylic acids is 3. The van der Waals surface area contributed by atoms with Crippen molar-refractivity contribution in [2.45, 2.75) is 69.6 Å². The van der Waals surface area contributed by atoms with Crippen LogP contribution in [0.25, 0.3) is 22.1 Å². The first-order valence-corrected chi connectivity index (χ1v) is 16.8. The molecule has 3 aromatic heterocycles. The Bertz CT molecular complexity index is 1910. The van der Waals surface area contributed by atoms with Crippen molar-refractivity contribution in [3.63, 3.8) is 0 Å². The number of aromatic nitrogens is 5. The Morgan fingerprint density at radius 1 is 0.839 bits per heavy atom. The molecule has 4 aromatic rings. The number of imidazole rings is 1. The predicted molar refractivity (Wildman–Crippen MR) is 183 cm³/mol. The third-order valence-corrected chi connectivity index (χ3v) is 8.99. The van der Waals surface area contributed by atoms with Crippen LogP contribution in [-0.4, -0.2) is 109 Å². The average Bonchev–Trinajstić information content (AvgIpc) is 3.62. The normalized spacial score (nSPS) is 16.6. The second-order valence-electron chi connectivity index (χ2n) is 12.3. The Morgan fingerprint density at radius 2 is 1.38 bits per heavy atom. The molecule has 2 saturated heterocycles. The van der Waals surface area contributed by atoms with E-state index in [1.54, 1.807) is 12.7 Å². The van der Waals surface area contributed by atoms with Crippen LogP contribution in [0.3, 0.4) is 0 Å². The Labute approximate surface area is 315 Å². The lowest BCUT2D eigenvalue weighted by Crippen LogP contribution is -2.62. The van der Waals surface area contributed by atoms with Gasteiger partial charge in [0.05, 0.1) is 36.5 Å². The minimum Gasteiger partial charge on any atom is -0.475 e. The molecule has 308 valence electrons. The van der Waals surface area contributed by atoms with Gasteiger partial charge in [0.1, 0.15) is 17.4 Å². The number of aromatic amines is 1. The number of piperidine rings is 2. The zero-order chi connectivity index (χ0) is 42.1. The second-order valence-corrected chi connectivity index (χ2v) is 12.7. The number of benzene rings is 1. The van der Waals surface area contributed by atoms with E-state index in [4.69, 9.17) is 46.3 Å². The number of likely N-dealkylation sites (tertiary alicyclic amines) is 1. The highest BCUT2D eigenvalue weighted by molar-refractivity contribution is 6.36. The molecular weight excluding hydrogens is 799 g/mol. The highest BCUT2D eigenvalue weighted by atomic mass is 35.5. The predicted octanol–water partition coefficient (Wildman–Crippen LogP) is 6.87. The summed E-state index contributed by atoms with van der Waals surface area (Å²) in [7, 11) is 0. The van der Waals surface area contributed by atoms with Gasteiger partial charge < -0.3 is 30.9 Å². The van der Waals surface area contributed by atoms with E-state index in [0.717, 1.165) is 63.6 Å². The number of anilines is 1. The molecule has 1 unspecified atom stereocenters. The number of hydrogen-bond acceptors (Lipinski definition) is 9. The van der Waals surface area contributed by atoms with Crippen molar-refractivity contribution < 1.29 is 69.2 Å². The maximum Gasteiger partial charge on any atom is 0.490 e. The molecule has 2 fully saturated rings. The van der Waals surface area contributed by atoms with Gasteiger partial charge in [-0.1, -0.05) is 11.6 Å². The summed E-state index contributed by atoms with van der Waals surface area (Å²) >= 11 is 6.90. The van der Waals surface area contributed by atoms with Gasteiger partial charge in [-0.05, 0) is 44.4 Å². The number of carboxylic acids is 3. The molecule has 14 nitrogen and oxygen atoms in total. The Kier molecular flexibility index (Phi) is 15.2. The number of carbonyl (C=O) groups is 3. The number of fused-ring (bicyclic) bond motifs is 2. The van der Waals surface area contributed by atoms with Crippen LogP contribution in [0, 0.1) is 0 Å². The maximum atomic E-state index is 10.6. The van der Waals surface area contributed by atoms with E-state index in [9.17, 15) is 39.5 Å². The Balaban J connectivity index is 0.000000329. The van der Waals surface area contributed by atoms with Gasteiger partial charge in [-0.3, -0.25) is 4.48 Å². The zero-order valence-electron chi connectivity index (χ0n) is 29.1. The van der Waals surface area contributed by atoms with Gasteiger partial charge >= 0.3 is 36.4 Å². The molecule has 56 heavy (non-hydrogen) atoms.